The van der Waals surface area contributed by atoms with Crippen LogP contribution in [0.1, 0.15) is 37.9 Å². The van der Waals surface area contributed by atoms with E-state index < -0.39 is 6.10 Å². The predicted molar refractivity (Wildman–Crippen MR) is 81.5 cm³/mol. The van der Waals surface area contributed by atoms with Crippen LogP contribution in [0, 0.1) is 5.92 Å². The first-order chi connectivity index (χ1) is 10.2. The van der Waals surface area contributed by atoms with Gasteiger partial charge in [-0.05, 0) is 38.2 Å². The average Bonchev–Trinajstić information content (AvgIpc) is 2.46. The molecule has 0 aliphatic heterocycles. The highest BCUT2D eigenvalue weighted by atomic mass is 16.5. The molecule has 2 rings (SSSR count). The van der Waals surface area contributed by atoms with E-state index >= 15 is 0 Å². The highest BCUT2D eigenvalue weighted by Gasteiger charge is 2.31. The number of ether oxygens (including phenoxy) is 3. The molecule has 1 aliphatic carbocycles. The maximum Gasteiger partial charge on any atom is 0.125 e. The molecule has 1 aliphatic rings. The Balaban J connectivity index is 1.85. The maximum atomic E-state index is 10.5. The van der Waals surface area contributed by atoms with Crippen molar-refractivity contribution < 1.29 is 19.3 Å². The third-order valence-corrected chi connectivity index (χ3v) is 3.97. The highest BCUT2D eigenvalue weighted by molar-refractivity contribution is 5.35. The van der Waals surface area contributed by atoms with Crippen LogP contribution < -0.4 is 4.74 Å². The number of rotatable bonds is 9. The van der Waals surface area contributed by atoms with E-state index in [1.165, 1.54) is 0 Å². The maximum absolute atomic E-state index is 10.5. The molecule has 1 aromatic carbocycles. The molecule has 1 fully saturated rings. The SMILES string of the molecule is CCOC1CC(CC(O)c2ccccc2OCCOC)C1. The fourth-order valence-electron chi connectivity index (χ4n) is 2.80. The van der Waals surface area contributed by atoms with Crippen LogP contribution in [0.3, 0.4) is 0 Å². The lowest BCUT2D eigenvalue weighted by Gasteiger charge is -2.36. The predicted octanol–water partition coefficient (Wildman–Crippen LogP) is 2.95. The summed E-state index contributed by atoms with van der Waals surface area (Å²) in [7, 11) is 1.65. The van der Waals surface area contributed by atoms with Gasteiger partial charge in [0.15, 0.2) is 0 Å². The molecule has 4 heteroatoms. The summed E-state index contributed by atoms with van der Waals surface area (Å²) in [6.45, 7) is 3.84. The Kier molecular flexibility index (Phi) is 6.49. The molecule has 1 N–H and O–H groups in total. The van der Waals surface area contributed by atoms with Crippen molar-refractivity contribution >= 4 is 0 Å². The average molecular weight is 294 g/mol. The lowest BCUT2D eigenvalue weighted by molar-refractivity contribution is -0.0382. The topological polar surface area (TPSA) is 47.9 Å². The van der Waals surface area contributed by atoms with Crippen molar-refractivity contribution in [2.75, 3.05) is 26.9 Å². The van der Waals surface area contributed by atoms with Crippen molar-refractivity contribution in [3.63, 3.8) is 0 Å². The van der Waals surface area contributed by atoms with Crippen molar-refractivity contribution in [3.8, 4) is 5.75 Å². The summed E-state index contributed by atoms with van der Waals surface area (Å²) in [4.78, 5) is 0. The summed E-state index contributed by atoms with van der Waals surface area (Å²) in [6.07, 6.45) is 2.79. The second-order valence-corrected chi connectivity index (χ2v) is 5.55. The summed E-state index contributed by atoms with van der Waals surface area (Å²) >= 11 is 0. The van der Waals surface area contributed by atoms with Crippen LogP contribution in [-0.2, 0) is 9.47 Å². The third kappa shape index (κ3) is 4.70. The summed E-state index contributed by atoms with van der Waals surface area (Å²) in [5.41, 5.74) is 0.869. The Bertz CT molecular complexity index is 415. The summed E-state index contributed by atoms with van der Waals surface area (Å²) in [5, 5.41) is 10.5. The van der Waals surface area contributed by atoms with E-state index in [1.807, 2.05) is 31.2 Å². The molecule has 21 heavy (non-hydrogen) atoms. The van der Waals surface area contributed by atoms with Crippen LogP contribution in [0.2, 0.25) is 0 Å². The van der Waals surface area contributed by atoms with E-state index in [-0.39, 0.29) is 0 Å². The van der Waals surface area contributed by atoms with Crippen molar-refractivity contribution in [1.29, 1.82) is 0 Å². The minimum Gasteiger partial charge on any atom is -0.491 e. The van der Waals surface area contributed by atoms with Crippen LogP contribution >= 0.6 is 0 Å². The molecule has 0 heterocycles. The van der Waals surface area contributed by atoms with Crippen molar-refractivity contribution in [2.45, 2.75) is 38.4 Å². The van der Waals surface area contributed by atoms with Gasteiger partial charge in [0.05, 0.1) is 18.8 Å². The molecule has 1 atom stereocenters. The Morgan fingerprint density at radius 2 is 2.00 bits per heavy atom. The second kappa shape index (κ2) is 8.37. The number of benzene rings is 1. The van der Waals surface area contributed by atoms with Gasteiger partial charge in [-0.25, -0.2) is 0 Å². The number of hydrogen-bond donors (Lipinski definition) is 1. The van der Waals surface area contributed by atoms with Gasteiger partial charge in [0.2, 0.25) is 0 Å². The molecule has 0 saturated heterocycles. The van der Waals surface area contributed by atoms with E-state index in [0.717, 1.165) is 37.2 Å². The van der Waals surface area contributed by atoms with Gasteiger partial charge in [0.25, 0.3) is 0 Å². The fraction of sp³-hybridized carbons (Fsp3) is 0.647. The summed E-state index contributed by atoms with van der Waals surface area (Å²) in [5.74, 6) is 1.30. The minimum absolute atomic E-state index is 0.389. The van der Waals surface area contributed by atoms with Gasteiger partial charge >= 0.3 is 0 Å². The van der Waals surface area contributed by atoms with E-state index in [9.17, 15) is 5.11 Å². The van der Waals surface area contributed by atoms with Crippen LogP contribution in [0.5, 0.6) is 5.75 Å². The first-order valence-corrected chi connectivity index (χ1v) is 7.74. The molecule has 1 saturated carbocycles. The zero-order valence-electron chi connectivity index (χ0n) is 13.0. The molecule has 0 spiro atoms. The molecular formula is C17H26O4. The Morgan fingerprint density at radius 1 is 1.24 bits per heavy atom. The summed E-state index contributed by atoms with van der Waals surface area (Å²) < 4.78 is 16.2. The molecule has 0 aromatic heterocycles. The van der Waals surface area contributed by atoms with Crippen LogP contribution in [0.25, 0.3) is 0 Å². The van der Waals surface area contributed by atoms with Crippen LogP contribution in [-0.4, -0.2) is 38.1 Å². The van der Waals surface area contributed by atoms with E-state index in [2.05, 4.69) is 0 Å². The standard InChI is InChI=1S/C17H26O4/c1-3-20-14-10-13(11-14)12-16(18)15-6-4-5-7-17(15)21-9-8-19-2/h4-7,13-14,16,18H,3,8-12H2,1-2H3. The largest absolute Gasteiger partial charge is 0.491 e. The van der Waals surface area contributed by atoms with Crippen molar-refractivity contribution in [3.05, 3.63) is 29.8 Å². The van der Waals surface area contributed by atoms with Gasteiger partial charge in [-0.15, -0.1) is 0 Å². The van der Waals surface area contributed by atoms with Gasteiger partial charge < -0.3 is 19.3 Å². The van der Waals surface area contributed by atoms with Gasteiger partial charge in [-0.2, -0.15) is 0 Å². The zero-order chi connectivity index (χ0) is 15.1. The smallest absolute Gasteiger partial charge is 0.125 e. The summed E-state index contributed by atoms with van der Waals surface area (Å²) in [6, 6.07) is 7.70. The monoisotopic (exact) mass is 294 g/mol. The second-order valence-electron chi connectivity index (χ2n) is 5.55. The minimum atomic E-state index is -0.476. The molecule has 1 unspecified atom stereocenters. The third-order valence-electron chi connectivity index (χ3n) is 3.97. The normalized spacial score (nSPS) is 22.6. The molecule has 0 bridgehead atoms. The Morgan fingerprint density at radius 3 is 2.71 bits per heavy atom. The lowest BCUT2D eigenvalue weighted by atomic mass is 9.78. The number of aliphatic hydroxyl groups is 1. The highest BCUT2D eigenvalue weighted by Crippen LogP contribution is 2.38. The van der Waals surface area contributed by atoms with Crippen molar-refractivity contribution in [1.82, 2.24) is 0 Å². The number of aliphatic hydroxyl groups excluding tert-OH is 1. The van der Waals surface area contributed by atoms with Gasteiger partial charge in [-0.3, -0.25) is 0 Å². The van der Waals surface area contributed by atoms with Gasteiger partial charge in [-0.1, -0.05) is 18.2 Å². The lowest BCUT2D eigenvalue weighted by Crippen LogP contribution is -2.32. The zero-order valence-corrected chi connectivity index (χ0v) is 13.0. The van der Waals surface area contributed by atoms with E-state index in [0.29, 0.717) is 25.2 Å². The fourth-order valence-corrected chi connectivity index (χ4v) is 2.80. The number of para-hydroxylation sites is 1. The molecule has 0 amide bonds. The first-order valence-electron chi connectivity index (χ1n) is 7.74. The molecule has 0 radical (unpaired) electrons. The van der Waals surface area contributed by atoms with Gasteiger partial charge in [0.1, 0.15) is 12.4 Å². The molecule has 1 aromatic rings. The van der Waals surface area contributed by atoms with E-state index in [4.69, 9.17) is 14.2 Å². The number of methoxy groups -OCH3 is 1. The molecular weight excluding hydrogens is 268 g/mol. The van der Waals surface area contributed by atoms with Gasteiger partial charge in [0, 0.05) is 19.3 Å². The van der Waals surface area contributed by atoms with E-state index in [1.54, 1.807) is 7.11 Å². The molecule has 118 valence electrons. The van der Waals surface area contributed by atoms with Crippen LogP contribution in [0.15, 0.2) is 24.3 Å². The molecule has 4 nitrogen and oxygen atoms in total. The number of hydrogen-bond acceptors (Lipinski definition) is 4. The Hall–Kier alpha value is -1.10. The quantitative estimate of drug-likeness (QED) is 0.711. The first kappa shape index (κ1) is 16.3. The van der Waals surface area contributed by atoms with Crippen LogP contribution in [0.4, 0.5) is 0 Å². The van der Waals surface area contributed by atoms with Crippen molar-refractivity contribution in [2.24, 2.45) is 5.92 Å². The Labute approximate surface area is 127 Å².